The molecule has 0 amide bonds. The van der Waals surface area contributed by atoms with Crippen LogP contribution in [0.25, 0.3) is 0 Å². The van der Waals surface area contributed by atoms with Crippen molar-refractivity contribution >= 4 is 15.9 Å². The maximum absolute atomic E-state index is 13.2. The maximum Gasteiger partial charge on any atom is 0.133 e. The molecular formula is C14H13BrFNO. The van der Waals surface area contributed by atoms with Crippen LogP contribution in [0.5, 0.6) is 11.5 Å². The minimum Gasteiger partial charge on any atom is -0.457 e. The summed E-state index contributed by atoms with van der Waals surface area (Å²) in [6.07, 6.45) is 0. The van der Waals surface area contributed by atoms with Crippen molar-refractivity contribution in [3.63, 3.8) is 0 Å². The number of ether oxygens (including phenoxy) is 1. The Bertz CT molecular complexity index is 572. The number of benzene rings is 2. The standard InChI is InChI=1S/C14H13BrFNO/c1-9-7-10(5-6-13(9)16)18-14-4-2-3-12(15)11(14)8-17/h2-7H,8,17H2,1H3. The molecular weight excluding hydrogens is 297 g/mol. The van der Waals surface area contributed by atoms with E-state index in [0.717, 1.165) is 10.0 Å². The van der Waals surface area contributed by atoms with Crippen molar-refractivity contribution in [2.45, 2.75) is 13.5 Å². The molecule has 0 atom stereocenters. The van der Waals surface area contributed by atoms with Crippen LogP contribution in [0.2, 0.25) is 0 Å². The Labute approximate surface area is 114 Å². The predicted octanol–water partition coefficient (Wildman–Crippen LogP) is 4.15. The van der Waals surface area contributed by atoms with Crippen LogP contribution >= 0.6 is 15.9 Å². The van der Waals surface area contributed by atoms with Crippen molar-refractivity contribution in [3.05, 3.63) is 57.8 Å². The Balaban J connectivity index is 2.34. The van der Waals surface area contributed by atoms with E-state index in [9.17, 15) is 4.39 Å². The average molecular weight is 310 g/mol. The van der Waals surface area contributed by atoms with Gasteiger partial charge >= 0.3 is 0 Å². The lowest BCUT2D eigenvalue weighted by Gasteiger charge is -2.12. The lowest BCUT2D eigenvalue weighted by atomic mass is 10.2. The zero-order chi connectivity index (χ0) is 13.1. The Morgan fingerprint density at radius 3 is 2.72 bits per heavy atom. The molecule has 0 aromatic heterocycles. The van der Waals surface area contributed by atoms with Gasteiger partial charge < -0.3 is 10.5 Å². The fourth-order valence-electron chi connectivity index (χ4n) is 1.64. The molecule has 2 rings (SSSR count). The molecule has 4 heteroatoms. The van der Waals surface area contributed by atoms with Crippen molar-refractivity contribution in [1.82, 2.24) is 0 Å². The highest BCUT2D eigenvalue weighted by atomic mass is 79.9. The second-order valence-electron chi connectivity index (χ2n) is 3.93. The molecule has 0 heterocycles. The molecule has 0 saturated heterocycles. The molecule has 2 N–H and O–H groups in total. The van der Waals surface area contributed by atoms with E-state index in [0.29, 0.717) is 23.6 Å². The normalized spacial score (nSPS) is 10.4. The second-order valence-corrected chi connectivity index (χ2v) is 4.79. The molecule has 0 fully saturated rings. The third-order valence-corrected chi connectivity index (χ3v) is 3.38. The Kier molecular flexibility index (Phi) is 3.99. The first-order valence-corrected chi connectivity index (χ1v) is 6.32. The van der Waals surface area contributed by atoms with Gasteiger partial charge in [0.25, 0.3) is 0 Å². The van der Waals surface area contributed by atoms with Gasteiger partial charge in [-0.1, -0.05) is 22.0 Å². The SMILES string of the molecule is Cc1cc(Oc2cccc(Br)c2CN)ccc1F. The highest BCUT2D eigenvalue weighted by Gasteiger charge is 2.08. The number of hydrogen-bond acceptors (Lipinski definition) is 2. The highest BCUT2D eigenvalue weighted by Crippen LogP contribution is 2.30. The van der Waals surface area contributed by atoms with Crippen LogP contribution in [-0.2, 0) is 6.54 Å². The number of aryl methyl sites for hydroxylation is 1. The van der Waals surface area contributed by atoms with Crippen LogP contribution in [-0.4, -0.2) is 0 Å². The van der Waals surface area contributed by atoms with Crippen LogP contribution in [0.4, 0.5) is 4.39 Å². The minimum absolute atomic E-state index is 0.240. The molecule has 2 aromatic rings. The van der Waals surface area contributed by atoms with Gasteiger partial charge in [0.15, 0.2) is 0 Å². The van der Waals surface area contributed by atoms with Gasteiger partial charge in [-0.2, -0.15) is 0 Å². The summed E-state index contributed by atoms with van der Waals surface area (Å²) in [4.78, 5) is 0. The van der Waals surface area contributed by atoms with E-state index < -0.39 is 0 Å². The quantitative estimate of drug-likeness (QED) is 0.924. The zero-order valence-corrected chi connectivity index (χ0v) is 11.5. The van der Waals surface area contributed by atoms with E-state index in [1.54, 1.807) is 19.1 Å². The van der Waals surface area contributed by atoms with Gasteiger partial charge in [-0.05, 0) is 42.8 Å². The van der Waals surface area contributed by atoms with Crippen LogP contribution in [0.1, 0.15) is 11.1 Å². The fourth-order valence-corrected chi connectivity index (χ4v) is 2.15. The van der Waals surface area contributed by atoms with E-state index >= 15 is 0 Å². The van der Waals surface area contributed by atoms with Gasteiger partial charge in [0, 0.05) is 16.6 Å². The third-order valence-electron chi connectivity index (χ3n) is 2.64. The summed E-state index contributed by atoms with van der Waals surface area (Å²) in [5, 5.41) is 0. The van der Waals surface area contributed by atoms with Gasteiger partial charge in [-0.15, -0.1) is 0 Å². The van der Waals surface area contributed by atoms with Gasteiger partial charge in [-0.25, -0.2) is 4.39 Å². The third kappa shape index (κ3) is 2.71. The number of hydrogen-bond donors (Lipinski definition) is 1. The van der Waals surface area contributed by atoms with Crippen molar-refractivity contribution in [2.75, 3.05) is 0 Å². The van der Waals surface area contributed by atoms with E-state index in [-0.39, 0.29) is 5.82 Å². The zero-order valence-electron chi connectivity index (χ0n) is 9.91. The Hall–Kier alpha value is -1.39. The molecule has 0 radical (unpaired) electrons. The van der Waals surface area contributed by atoms with Crippen LogP contribution in [0.15, 0.2) is 40.9 Å². The molecule has 0 aliphatic heterocycles. The summed E-state index contributed by atoms with van der Waals surface area (Å²) in [7, 11) is 0. The summed E-state index contributed by atoms with van der Waals surface area (Å²) in [5.74, 6) is 1.04. The lowest BCUT2D eigenvalue weighted by Crippen LogP contribution is -2.00. The molecule has 2 aromatic carbocycles. The number of rotatable bonds is 3. The van der Waals surface area contributed by atoms with E-state index in [1.165, 1.54) is 6.07 Å². The highest BCUT2D eigenvalue weighted by molar-refractivity contribution is 9.10. The van der Waals surface area contributed by atoms with Crippen LogP contribution in [0.3, 0.4) is 0 Å². The second kappa shape index (κ2) is 5.50. The van der Waals surface area contributed by atoms with E-state index in [2.05, 4.69) is 15.9 Å². The summed E-state index contributed by atoms with van der Waals surface area (Å²) < 4.78 is 19.8. The Morgan fingerprint density at radius 1 is 1.28 bits per heavy atom. The van der Waals surface area contributed by atoms with Gasteiger partial charge in [-0.3, -0.25) is 0 Å². The lowest BCUT2D eigenvalue weighted by molar-refractivity contribution is 0.473. The van der Waals surface area contributed by atoms with Gasteiger partial charge in [0.1, 0.15) is 17.3 Å². The van der Waals surface area contributed by atoms with Crippen molar-refractivity contribution in [2.24, 2.45) is 5.73 Å². The molecule has 0 spiro atoms. The summed E-state index contributed by atoms with van der Waals surface area (Å²) >= 11 is 3.43. The molecule has 0 bridgehead atoms. The van der Waals surface area contributed by atoms with Crippen molar-refractivity contribution in [3.8, 4) is 11.5 Å². The maximum atomic E-state index is 13.2. The molecule has 94 valence electrons. The van der Waals surface area contributed by atoms with Crippen LogP contribution in [0, 0.1) is 12.7 Å². The summed E-state index contributed by atoms with van der Waals surface area (Å²) in [6, 6.07) is 10.3. The molecule has 18 heavy (non-hydrogen) atoms. The average Bonchev–Trinajstić information content (AvgIpc) is 2.34. The largest absolute Gasteiger partial charge is 0.457 e. The van der Waals surface area contributed by atoms with E-state index in [4.69, 9.17) is 10.5 Å². The molecule has 2 nitrogen and oxygen atoms in total. The fraction of sp³-hybridized carbons (Fsp3) is 0.143. The van der Waals surface area contributed by atoms with Gasteiger partial charge in [0.05, 0.1) is 0 Å². The molecule has 0 unspecified atom stereocenters. The first-order chi connectivity index (χ1) is 8.61. The molecule has 0 aliphatic rings. The predicted molar refractivity (Wildman–Crippen MR) is 73.2 cm³/mol. The smallest absolute Gasteiger partial charge is 0.133 e. The van der Waals surface area contributed by atoms with Crippen LogP contribution < -0.4 is 10.5 Å². The van der Waals surface area contributed by atoms with Crippen molar-refractivity contribution < 1.29 is 9.13 Å². The first kappa shape index (κ1) is 13.1. The summed E-state index contributed by atoms with van der Waals surface area (Å²) in [5.41, 5.74) is 7.13. The van der Waals surface area contributed by atoms with Gasteiger partial charge in [0.2, 0.25) is 0 Å². The number of nitrogens with two attached hydrogens (primary N) is 1. The molecule has 0 saturated carbocycles. The Morgan fingerprint density at radius 2 is 2.06 bits per heavy atom. The topological polar surface area (TPSA) is 35.2 Å². The minimum atomic E-state index is -0.240. The summed E-state index contributed by atoms with van der Waals surface area (Å²) in [6.45, 7) is 2.07. The first-order valence-electron chi connectivity index (χ1n) is 5.53. The van der Waals surface area contributed by atoms with E-state index in [1.807, 2.05) is 18.2 Å². The van der Waals surface area contributed by atoms with Crippen molar-refractivity contribution in [1.29, 1.82) is 0 Å². The number of halogens is 2. The monoisotopic (exact) mass is 309 g/mol. The molecule has 0 aliphatic carbocycles.